The van der Waals surface area contributed by atoms with E-state index in [-0.39, 0.29) is 23.8 Å². The van der Waals surface area contributed by atoms with Crippen LogP contribution in [0.25, 0.3) is 10.4 Å². The number of carbonyl (C=O) groups is 2. The molecular formula is C34H54N6O3S. The second kappa shape index (κ2) is 19.2. The molecule has 10 heteroatoms. The van der Waals surface area contributed by atoms with Gasteiger partial charge in [-0.3, -0.25) is 9.59 Å². The van der Waals surface area contributed by atoms with Gasteiger partial charge in [0.2, 0.25) is 12.3 Å². The molecule has 44 heavy (non-hydrogen) atoms. The Balaban J connectivity index is 0.000000286. The molecule has 5 rings (SSSR count). The van der Waals surface area contributed by atoms with Gasteiger partial charge in [-0.2, -0.15) is 0 Å². The van der Waals surface area contributed by atoms with Crippen LogP contribution >= 0.6 is 11.3 Å². The van der Waals surface area contributed by atoms with Crippen molar-refractivity contribution < 1.29 is 14.1 Å². The standard InChI is InChI=1S/C17H28N4O2.C13H14N2OS.2C2H6/c1-12(2)16(17(22)21-8-4-5-13(21)3)14-11-15(19-23-14)20-9-6-18-7-10-20;1-9(14-7-16)11-3-5-12(6-4-11)13-10(2)15-8-17-13;2*1-2/h11-13,16,18H,4-10H2,1-3H3;3-9H,1-2H3,(H,14,16);2*1-2H3. The molecule has 244 valence electrons. The summed E-state index contributed by atoms with van der Waals surface area (Å²) in [7, 11) is 0. The van der Waals surface area contributed by atoms with Gasteiger partial charge in [-0.25, -0.2) is 4.98 Å². The molecular weight excluding hydrogens is 572 g/mol. The van der Waals surface area contributed by atoms with Crippen molar-refractivity contribution in [2.75, 3.05) is 37.6 Å². The van der Waals surface area contributed by atoms with Crippen molar-refractivity contribution in [2.45, 2.75) is 93.2 Å². The minimum atomic E-state index is -0.236. The van der Waals surface area contributed by atoms with Gasteiger partial charge in [0.15, 0.2) is 11.6 Å². The van der Waals surface area contributed by atoms with E-state index < -0.39 is 0 Å². The van der Waals surface area contributed by atoms with E-state index in [1.54, 1.807) is 11.3 Å². The topological polar surface area (TPSA) is 104 Å². The van der Waals surface area contributed by atoms with Gasteiger partial charge in [-0.15, -0.1) is 11.3 Å². The Hall–Kier alpha value is -3.24. The summed E-state index contributed by atoms with van der Waals surface area (Å²) in [6.07, 6.45) is 2.92. The van der Waals surface area contributed by atoms with Crippen LogP contribution in [0.4, 0.5) is 5.82 Å². The third-order valence-corrected chi connectivity index (χ3v) is 8.75. The highest BCUT2D eigenvalue weighted by molar-refractivity contribution is 7.13. The van der Waals surface area contributed by atoms with Crippen LogP contribution in [0.3, 0.4) is 0 Å². The Morgan fingerprint density at radius 2 is 1.75 bits per heavy atom. The van der Waals surface area contributed by atoms with E-state index in [0.717, 1.165) is 69.1 Å². The van der Waals surface area contributed by atoms with Crippen molar-refractivity contribution in [1.82, 2.24) is 25.7 Å². The summed E-state index contributed by atoms with van der Waals surface area (Å²) in [5.41, 5.74) is 5.19. The third kappa shape index (κ3) is 9.89. The highest BCUT2D eigenvalue weighted by atomic mass is 32.1. The number of hydrogen-bond donors (Lipinski definition) is 2. The molecule has 1 aromatic carbocycles. The lowest BCUT2D eigenvalue weighted by Crippen LogP contribution is -2.43. The maximum Gasteiger partial charge on any atom is 0.233 e. The summed E-state index contributed by atoms with van der Waals surface area (Å²) in [6.45, 7) is 22.9. The minimum Gasteiger partial charge on any atom is -0.358 e. The molecule has 0 aliphatic carbocycles. The summed E-state index contributed by atoms with van der Waals surface area (Å²) in [6, 6.07) is 10.6. The average Bonchev–Trinajstić information content (AvgIpc) is 3.82. The molecule has 9 nitrogen and oxygen atoms in total. The van der Waals surface area contributed by atoms with Gasteiger partial charge in [0, 0.05) is 44.8 Å². The Kier molecular flexibility index (Phi) is 16.1. The number of aryl methyl sites for hydroxylation is 1. The van der Waals surface area contributed by atoms with E-state index in [1.165, 1.54) is 10.4 Å². The molecule has 2 aliphatic rings. The van der Waals surface area contributed by atoms with Crippen molar-refractivity contribution in [3.05, 3.63) is 52.9 Å². The lowest BCUT2D eigenvalue weighted by molar-refractivity contribution is -0.134. The maximum atomic E-state index is 13.0. The van der Waals surface area contributed by atoms with Gasteiger partial charge < -0.3 is 25.0 Å². The fourth-order valence-corrected chi connectivity index (χ4v) is 6.16. The van der Waals surface area contributed by atoms with E-state index >= 15 is 0 Å². The predicted molar refractivity (Wildman–Crippen MR) is 182 cm³/mol. The first kappa shape index (κ1) is 36.9. The van der Waals surface area contributed by atoms with E-state index in [2.05, 4.69) is 58.6 Å². The zero-order valence-corrected chi connectivity index (χ0v) is 29.0. The Morgan fingerprint density at radius 3 is 2.27 bits per heavy atom. The van der Waals surface area contributed by atoms with Crippen LogP contribution in [-0.2, 0) is 9.59 Å². The summed E-state index contributed by atoms with van der Waals surface area (Å²) in [5, 5.41) is 10.3. The predicted octanol–water partition coefficient (Wildman–Crippen LogP) is 6.81. The number of amides is 2. The number of piperazine rings is 1. The first-order valence-electron chi connectivity index (χ1n) is 16.2. The van der Waals surface area contributed by atoms with Crippen LogP contribution < -0.4 is 15.5 Å². The number of carbonyl (C=O) groups excluding carboxylic acids is 2. The molecule has 4 heterocycles. The van der Waals surface area contributed by atoms with E-state index in [1.807, 2.05) is 70.2 Å². The number of likely N-dealkylation sites (tertiary alicyclic amines) is 1. The molecule has 0 saturated carbocycles. The van der Waals surface area contributed by atoms with Crippen LogP contribution in [0.2, 0.25) is 0 Å². The lowest BCUT2D eigenvalue weighted by Gasteiger charge is -2.28. The summed E-state index contributed by atoms with van der Waals surface area (Å²) >= 11 is 1.64. The van der Waals surface area contributed by atoms with Crippen molar-refractivity contribution in [1.29, 1.82) is 0 Å². The van der Waals surface area contributed by atoms with Gasteiger partial charge in [-0.05, 0) is 50.7 Å². The molecule has 2 aromatic heterocycles. The van der Waals surface area contributed by atoms with Crippen molar-refractivity contribution >= 4 is 29.5 Å². The Labute approximate surface area is 268 Å². The highest BCUT2D eigenvalue weighted by Crippen LogP contribution is 2.32. The van der Waals surface area contributed by atoms with Crippen LogP contribution in [0.5, 0.6) is 0 Å². The van der Waals surface area contributed by atoms with Gasteiger partial charge in [0.25, 0.3) is 0 Å². The van der Waals surface area contributed by atoms with Crippen LogP contribution in [0.15, 0.2) is 40.4 Å². The minimum absolute atomic E-state index is 0.0455. The number of aromatic nitrogens is 2. The monoisotopic (exact) mass is 626 g/mol. The molecule has 2 N–H and O–H groups in total. The fourth-order valence-electron chi connectivity index (χ4n) is 5.34. The van der Waals surface area contributed by atoms with E-state index in [9.17, 15) is 9.59 Å². The smallest absolute Gasteiger partial charge is 0.233 e. The molecule has 0 spiro atoms. The molecule has 2 fully saturated rings. The van der Waals surface area contributed by atoms with Gasteiger partial charge in [0.05, 0.1) is 22.1 Å². The highest BCUT2D eigenvalue weighted by Gasteiger charge is 2.36. The van der Waals surface area contributed by atoms with Crippen LogP contribution in [0.1, 0.15) is 97.2 Å². The summed E-state index contributed by atoms with van der Waals surface area (Å²) < 4.78 is 5.60. The number of anilines is 1. The van der Waals surface area contributed by atoms with E-state index in [0.29, 0.717) is 11.8 Å². The van der Waals surface area contributed by atoms with Gasteiger partial charge >= 0.3 is 0 Å². The molecule has 3 atom stereocenters. The normalized spacial score (nSPS) is 17.3. The molecule has 0 bridgehead atoms. The molecule has 2 saturated heterocycles. The third-order valence-electron chi connectivity index (χ3n) is 7.77. The molecule has 3 aromatic rings. The average molecular weight is 627 g/mol. The number of rotatable bonds is 8. The van der Waals surface area contributed by atoms with Crippen molar-refractivity contribution in [3.63, 3.8) is 0 Å². The maximum absolute atomic E-state index is 13.0. The zero-order chi connectivity index (χ0) is 32.6. The zero-order valence-electron chi connectivity index (χ0n) is 28.2. The lowest BCUT2D eigenvalue weighted by atomic mass is 9.91. The SMILES string of the molecule is CC.CC.CC(C)C(C(=O)N1CCCC1C)c1cc(N2CCNCC2)no1.Cc1ncsc1-c1ccc(C(C)NC=O)cc1. The summed E-state index contributed by atoms with van der Waals surface area (Å²) in [4.78, 5) is 33.0. The van der Waals surface area contributed by atoms with Gasteiger partial charge in [0.1, 0.15) is 5.92 Å². The van der Waals surface area contributed by atoms with Crippen molar-refractivity contribution in [2.24, 2.45) is 5.92 Å². The molecule has 2 aliphatic heterocycles. The number of nitrogens with one attached hydrogen (secondary N) is 2. The van der Waals surface area contributed by atoms with Crippen LogP contribution in [-0.4, -0.2) is 66.1 Å². The summed E-state index contributed by atoms with van der Waals surface area (Å²) in [5.74, 6) is 1.71. The largest absolute Gasteiger partial charge is 0.358 e. The number of nitrogens with zero attached hydrogens (tertiary/aromatic N) is 4. The molecule has 3 unspecified atom stereocenters. The van der Waals surface area contributed by atoms with E-state index in [4.69, 9.17) is 4.52 Å². The second-order valence-corrected chi connectivity index (χ2v) is 11.8. The molecule has 0 radical (unpaired) electrons. The van der Waals surface area contributed by atoms with Crippen LogP contribution in [0, 0.1) is 12.8 Å². The first-order valence-corrected chi connectivity index (χ1v) is 17.1. The fraction of sp³-hybridized carbons (Fsp3) is 0.588. The number of hydrogen-bond acceptors (Lipinski definition) is 8. The van der Waals surface area contributed by atoms with Crippen molar-refractivity contribution in [3.8, 4) is 10.4 Å². The molecule has 2 amide bonds. The Bertz CT molecular complexity index is 1240. The number of benzene rings is 1. The Morgan fingerprint density at radius 1 is 1.09 bits per heavy atom. The van der Waals surface area contributed by atoms with Gasteiger partial charge in [-0.1, -0.05) is 71.0 Å². The quantitative estimate of drug-likeness (QED) is 0.265. The second-order valence-electron chi connectivity index (χ2n) is 11.0. The first-order chi connectivity index (χ1) is 21.3. The number of thiazole rings is 1.